The van der Waals surface area contributed by atoms with E-state index in [9.17, 15) is 24.5 Å². The van der Waals surface area contributed by atoms with Gasteiger partial charge in [-0.2, -0.15) is 0 Å². The van der Waals surface area contributed by atoms with Gasteiger partial charge in [-0.1, -0.05) is 19.3 Å². The van der Waals surface area contributed by atoms with Crippen LogP contribution in [0.3, 0.4) is 0 Å². The average molecular weight is 389 g/mol. The molecule has 1 saturated heterocycles. The molecule has 28 heavy (non-hydrogen) atoms. The molecule has 2 fully saturated rings. The summed E-state index contributed by atoms with van der Waals surface area (Å²) in [6.07, 6.45) is 5.75. The number of carbonyl (C=O) groups excluding carboxylic acids is 2. The second-order valence-electron chi connectivity index (χ2n) is 7.41. The molecule has 1 unspecified atom stereocenters. The van der Waals surface area contributed by atoms with Gasteiger partial charge in [0, 0.05) is 42.7 Å². The summed E-state index contributed by atoms with van der Waals surface area (Å²) in [7, 11) is 0. The lowest BCUT2D eigenvalue weighted by atomic mass is 9.88. The van der Waals surface area contributed by atoms with Crippen LogP contribution in [0.1, 0.15) is 59.2 Å². The number of rotatable bonds is 5. The zero-order valence-corrected chi connectivity index (χ0v) is 15.4. The van der Waals surface area contributed by atoms with Gasteiger partial charge in [-0.3, -0.25) is 19.7 Å². The number of carboxylic acids is 1. The molecule has 0 radical (unpaired) electrons. The molecule has 9 heteroatoms. The minimum Gasteiger partial charge on any atom is -0.478 e. The Kier molecular flexibility index (Phi) is 5.91. The van der Waals surface area contributed by atoms with Crippen molar-refractivity contribution in [3.05, 3.63) is 39.4 Å². The van der Waals surface area contributed by atoms with Crippen LogP contribution >= 0.6 is 0 Å². The molecule has 1 aliphatic heterocycles. The molecule has 0 spiro atoms. The highest BCUT2D eigenvalue weighted by molar-refractivity contribution is 5.98. The molecule has 1 atom stereocenters. The van der Waals surface area contributed by atoms with E-state index in [0.717, 1.165) is 43.9 Å². The molecule has 2 aliphatic rings. The maximum absolute atomic E-state index is 12.6. The zero-order chi connectivity index (χ0) is 20.3. The molecular formula is C19H23N3O6. The van der Waals surface area contributed by atoms with Crippen LogP contribution in [-0.4, -0.2) is 51.8 Å². The van der Waals surface area contributed by atoms with E-state index in [-0.39, 0.29) is 29.0 Å². The third-order valence-corrected chi connectivity index (χ3v) is 5.43. The van der Waals surface area contributed by atoms with Crippen LogP contribution in [-0.2, 0) is 4.79 Å². The molecule has 150 valence electrons. The molecule has 0 aromatic heterocycles. The lowest BCUT2D eigenvalue weighted by Crippen LogP contribution is -2.40. The fourth-order valence-corrected chi connectivity index (χ4v) is 3.93. The first-order chi connectivity index (χ1) is 13.3. The smallest absolute Gasteiger partial charge is 0.335 e. The second kappa shape index (κ2) is 8.37. The molecule has 2 N–H and O–H groups in total. The normalized spacial score (nSPS) is 20.0. The molecule has 1 aliphatic carbocycles. The van der Waals surface area contributed by atoms with Gasteiger partial charge in [0.25, 0.3) is 11.6 Å². The minimum atomic E-state index is -1.34. The van der Waals surface area contributed by atoms with Gasteiger partial charge in [-0.15, -0.1) is 0 Å². The highest BCUT2D eigenvalue weighted by Gasteiger charge is 2.32. The number of carboxylic acid groups (broad SMARTS) is 1. The van der Waals surface area contributed by atoms with Crippen molar-refractivity contribution in [2.75, 3.05) is 13.1 Å². The predicted octanol–water partition coefficient (Wildman–Crippen LogP) is 2.20. The molecule has 1 aromatic rings. The van der Waals surface area contributed by atoms with Crippen LogP contribution in [0.4, 0.5) is 5.69 Å². The number of nitro groups is 1. The average Bonchev–Trinajstić information content (AvgIpc) is 3.16. The highest BCUT2D eigenvalue weighted by atomic mass is 16.6. The Balaban J connectivity index is 1.64. The first-order valence-corrected chi connectivity index (χ1v) is 9.47. The van der Waals surface area contributed by atoms with Crippen LogP contribution in [0.5, 0.6) is 0 Å². The summed E-state index contributed by atoms with van der Waals surface area (Å²) in [5, 5.41) is 22.9. The molecule has 1 heterocycles. The predicted molar refractivity (Wildman–Crippen MR) is 99.1 cm³/mol. The van der Waals surface area contributed by atoms with Crippen LogP contribution in [0, 0.1) is 16.0 Å². The van der Waals surface area contributed by atoms with E-state index in [1.54, 1.807) is 4.90 Å². The van der Waals surface area contributed by atoms with Gasteiger partial charge in [0.05, 0.1) is 10.5 Å². The van der Waals surface area contributed by atoms with Gasteiger partial charge in [-0.25, -0.2) is 4.79 Å². The van der Waals surface area contributed by atoms with Gasteiger partial charge in [0.1, 0.15) is 0 Å². The molecule has 1 saturated carbocycles. The van der Waals surface area contributed by atoms with Crippen molar-refractivity contribution >= 4 is 23.5 Å². The van der Waals surface area contributed by atoms with Gasteiger partial charge >= 0.3 is 5.97 Å². The largest absolute Gasteiger partial charge is 0.478 e. The molecule has 0 bridgehead atoms. The number of non-ortho nitro benzene ring substituents is 1. The minimum absolute atomic E-state index is 0.0677. The summed E-state index contributed by atoms with van der Waals surface area (Å²) >= 11 is 0. The fourth-order valence-electron chi connectivity index (χ4n) is 3.93. The van der Waals surface area contributed by atoms with E-state index in [1.807, 2.05) is 0 Å². The lowest BCUT2D eigenvalue weighted by Gasteiger charge is -2.26. The number of benzene rings is 1. The Morgan fingerprint density at radius 1 is 1.07 bits per heavy atom. The Morgan fingerprint density at radius 3 is 2.39 bits per heavy atom. The topological polar surface area (TPSA) is 130 Å². The molecule has 1 aromatic carbocycles. The van der Waals surface area contributed by atoms with Crippen LogP contribution < -0.4 is 5.32 Å². The van der Waals surface area contributed by atoms with E-state index in [1.165, 1.54) is 6.42 Å². The maximum Gasteiger partial charge on any atom is 0.335 e. The van der Waals surface area contributed by atoms with E-state index in [2.05, 4.69) is 5.32 Å². The number of hydrogen-bond donors (Lipinski definition) is 2. The van der Waals surface area contributed by atoms with Crippen molar-refractivity contribution in [1.82, 2.24) is 10.2 Å². The summed E-state index contributed by atoms with van der Waals surface area (Å²) in [6.45, 7) is 0.970. The van der Waals surface area contributed by atoms with Crippen molar-refractivity contribution in [3.8, 4) is 0 Å². The summed E-state index contributed by atoms with van der Waals surface area (Å²) in [5.74, 6) is -1.72. The van der Waals surface area contributed by atoms with Gasteiger partial charge < -0.3 is 15.3 Å². The number of likely N-dealkylation sites (tertiary alicyclic amines) is 1. The van der Waals surface area contributed by atoms with E-state index in [0.29, 0.717) is 19.5 Å². The van der Waals surface area contributed by atoms with Crippen molar-refractivity contribution in [2.45, 2.75) is 44.6 Å². The summed E-state index contributed by atoms with van der Waals surface area (Å²) in [4.78, 5) is 48.3. The van der Waals surface area contributed by atoms with Crippen molar-refractivity contribution < 1.29 is 24.4 Å². The monoisotopic (exact) mass is 389 g/mol. The number of nitrogens with one attached hydrogen (secondary N) is 1. The standard InChI is InChI=1S/C19H23N3O6/c23-17(13-8-14(19(25)26)10-16(9-13)22(27)28)20-15-6-7-21(11-15)18(24)12-4-2-1-3-5-12/h8-10,12,15H,1-7,11H2,(H,20,23)(H,25,26). The number of nitrogens with zero attached hydrogens (tertiary/aromatic N) is 2. The molecule has 3 rings (SSSR count). The summed E-state index contributed by atoms with van der Waals surface area (Å²) < 4.78 is 0. The third-order valence-electron chi connectivity index (χ3n) is 5.43. The maximum atomic E-state index is 12.6. The molecular weight excluding hydrogens is 366 g/mol. The van der Waals surface area contributed by atoms with Crippen molar-refractivity contribution in [3.63, 3.8) is 0 Å². The van der Waals surface area contributed by atoms with Crippen molar-refractivity contribution in [1.29, 1.82) is 0 Å². The molecule has 9 nitrogen and oxygen atoms in total. The van der Waals surface area contributed by atoms with Gasteiger partial charge in [-0.05, 0) is 25.3 Å². The fraction of sp³-hybridized carbons (Fsp3) is 0.526. The quantitative estimate of drug-likeness (QED) is 0.586. The number of hydrogen-bond acceptors (Lipinski definition) is 5. The third kappa shape index (κ3) is 4.47. The highest BCUT2D eigenvalue weighted by Crippen LogP contribution is 2.27. The Labute approximate surface area is 161 Å². The van der Waals surface area contributed by atoms with Gasteiger partial charge in [0.2, 0.25) is 5.91 Å². The SMILES string of the molecule is O=C(O)c1cc(C(=O)NC2CCN(C(=O)C3CCCCC3)C2)cc([N+](=O)[O-])c1. The number of carbonyl (C=O) groups is 3. The molecule has 2 amide bonds. The second-order valence-corrected chi connectivity index (χ2v) is 7.41. The first-order valence-electron chi connectivity index (χ1n) is 9.47. The lowest BCUT2D eigenvalue weighted by molar-refractivity contribution is -0.384. The number of aromatic carboxylic acids is 1. The number of amides is 2. The Morgan fingerprint density at radius 2 is 1.75 bits per heavy atom. The van der Waals surface area contributed by atoms with Crippen LogP contribution in [0.15, 0.2) is 18.2 Å². The van der Waals surface area contributed by atoms with E-state index >= 15 is 0 Å². The first kappa shape index (κ1) is 19.8. The van der Waals surface area contributed by atoms with Gasteiger partial charge in [0.15, 0.2) is 0 Å². The van der Waals surface area contributed by atoms with Crippen molar-refractivity contribution in [2.24, 2.45) is 5.92 Å². The Bertz CT molecular complexity index is 771. The zero-order valence-electron chi connectivity index (χ0n) is 15.4. The van der Waals surface area contributed by atoms with Crippen LogP contribution in [0.2, 0.25) is 0 Å². The summed E-state index contributed by atoms with van der Waals surface area (Å²) in [6, 6.07) is 2.83. The van der Waals surface area contributed by atoms with E-state index in [4.69, 9.17) is 5.11 Å². The van der Waals surface area contributed by atoms with Crippen LogP contribution in [0.25, 0.3) is 0 Å². The summed E-state index contributed by atoms with van der Waals surface area (Å²) in [5.41, 5.74) is -0.853. The van der Waals surface area contributed by atoms with E-state index < -0.39 is 22.5 Å². The number of nitro benzene ring substituents is 1. The Hall–Kier alpha value is -2.97.